The van der Waals surface area contributed by atoms with Crippen molar-refractivity contribution in [3.05, 3.63) is 48.6 Å². The lowest BCUT2D eigenvalue weighted by Crippen LogP contribution is -1.92. The molecule has 0 aliphatic rings. The number of unbranched alkanes of at least 4 members (excludes halogenated alkanes) is 4. The molecule has 0 spiro atoms. The number of rotatable bonds is 14. The van der Waals surface area contributed by atoms with Gasteiger partial charge in [-0.2, -0.15) is 0 Å². The van der Waals surface area contributed by atoms with Crippen LogP contribution >= 0.6 is 0 Å². The number of allylic oxidation sites excluding steroid dienone is 8. The van der Waals surface area contributed by atoms with Crippen LogP contribution in [0.1, 0.15) is 64.7 Å². The van der Waals surface area contributed by atoms with E-state index in [0.29, 0.717) is 12.8 Å². The lowest BCUT2D eigenvalue weighted by molar-refractivity contribution is -0.137. The molecule has 0 heterocycles. The van der Waals surface area contributed by atoms with Gasteiger partial charge in [0, 0.05) is 12.8 Å². The first-order valence-corrected chi connectivity index (χ1v) is 8.54. The average Bonchev–Trinajstić information content (AvgIpc) is 2.52. The number of carbonyl (C=O) groups excluding carboxylic acids is 1. The molecule has 0 radical (unpaired) electrons. The molecule has 0 rings (SSSR count). The van der Waals surface area contributed by atoms with E-state index in [1.165, 1.54) is 19.3 Å². The molecule has 0 aliphatic carbocycles. The first kappa shape index (κ1) is 21.1. The van der Waals surface area contributed by atoms with Crippen LogP contribution in [0.15, 0.2) is 48.6 Å². The van der Waals surface area contributed by atoms with Gasteiger partial charge in [0.25, 0.3) is 0 Å². The SMILES string of the molecule is CCCCCC=CCC(=O)C=CC=CCC=CCCCC(=O)O. The van der Waals surface area contributed by atoms with E-state index in [1.54, 1.807) is 12.2 Å². The van der Waals surface area contributed by atoms with Gasteiger partial charge in [-0.05, 0) is 38.2 Å². The fourth-order valence-electron chi connectivity index (χ4n) is 1.88. The van der Waals surface area contributed by atoms with Crippen molar-refractivity contribution in [2.24, 2.45) is 0 Å². The van der Waals surface area contributed by atoms with Crippen LogP contribution in [0, 0.1) is 0 Å². The largest absolute Gasteiger partial charge is 0.481 e. The molecule has 3 nitrogen and oxygen atoms in total. The third-order valence-corrected chi connectivity index (χ3v) is 3.19. The molecule has 0 aromatic carbocycles. The summed E-state index contributed by atoms with van der Waals surface area (Å²) in [5.74, 6) is -0.630. The van der Waals surface area contributed by atoms with Gasteiger partial charge >= 0.3 is 5.97 Å². The number of hydrogen-bond donors (Lipinski definition) is 1. The fraction of sp³-hybridized carbons (Fsp3) is 0.500. The molecular weight excluding hydrogens is 288 g/mol. The van der Waals surface area contributed by atoms with E-state index in [-0.39, 0.29) is 12.2 Å². The summed E-state index contributed by atoms with van der Waals surface area (Å²) >= 11 is 0. The molecule has 0 aromatic rings. The Morgan fingerprint density at radius 2 is 1.61 bits per heavy atom. The van der Waals surface area contributed by atoms with Crippen LogP contribution in [0.4, 0.5) is 0 Å². The van der Waals surface area contributed by atoms with Crippen LogP contribution < -0.4 is 0 Å². The van der Waals surface area contributed by atoms with Crippen molar-refractivity contribution in [3.8, 4) is 0 Å². The summed E-state index contributed by atoms with van der Waals surface area (Å²) in [6.45, 7) is 2.18. The van der Waals surface area contributed by atoms with E-state index < -0.39 is 5.97 Å². The third-order valence-electron chi connectivity index (χ3n) is 3.19. The van der Waals surface area contributed by atoms with Gasteiger partial charge in [-0.3, -0.25) is 9.59 Å². The normalized spacial score (nSPS) is 12.2. The maximum atomic E-state index is 11.6. The molecule has 0 fully saturated rings. The third kappa shape index (κ3) is 18.1. The minimum atomic E-state index is -0.746. The summed E-state index contributed by atoms with van der Waals surface area (Å²) < 4.78 is 0. The van der Waals surface area contributed by atoms with Gasteiger partial charge in [-0.25, -0.2) is 0 Å². The molecular formula is C20H30O3. The highest BCUT2D eigenvalue weighted by molar-refractivity contribution is 5.90. The molecule has 128 valence electrons. The van der Waals surface area contributed by atoms with Crippen LogP contribution in [0.5, 0.6) is 0 Å². The van der Waals surface area contributed by atoms with E-state index in [0.717, 1.165) is 19.3 Å². The summed E-state index contributed by atoms with van der Waals surface area (Å²) in [5, 5.41) is 8.49. The van der Waals surface area contributed by atoms with E-state index >= 15 is 0 Å². The van der Waals surface area contributed by atoms with E-state index in [9.17, 15) is 9.59 Å². The number of ketones is 1. The van der Waals surface area contributed by atoms with Gasteiger partial charge in [0.05, 0.1) is 0 Å². The lowest BCUT2D eigenvalue weighted by Gasteiger charge is -1.91. The van der Waals surface area contributed by atoms with Crippen LogP contribution in [0.25, 0.3) is 0 Å². The van der Waals surface area contributed by atoms with Crippen molar-refractivity contribution in [2.75, 3.05) is 0 Å². The van der Waals surface area contributed by atoms with Crippen molar-refractivity contribution in [1.29, 1.82) is 0 Å². The second kappa shape index (κ2) is 16.5. The quantitative estimate of drug-likeness (QED) is 0.202. The topological polar surface area (TPSA) is 54.4 Å². The van der Waals surface area contributed by atoms with Crippen LogP contribution in [-0.4, -0.2) is 16.9 Å². The maximum Gasteiger partial charge on any atom is 0.303 e. The number of aliphatic carboxylic acids is 1. The van der Waals surface area contributed by atoms with Gasteiger partial charge in [0.1, 0.15) is 0 Å². The van der Waals surface area contributed by atoms with Gasteiger partial charge < -0.3 is 5.11 Å². The van der Waals surface area contributed by atoms with Gasteiger partial charge in [-0.15, -0.1) is 0 Å². The van der Waals surface area contributed by atoms with Gasteiger partial charge in [0.2, 0.25) is 0 Å². The standard InChI is InChI=1S/C20H30O3/c1-2-3-4-5-10-13-16-19(21)17-14-11-8-6-7-9-12-15-18-20(22)23/h7-11,13-14,17H,2-6,12,15-16,18H2,1H3,(H,22,23). The Bertz CT molecular complexity index is 428. The van der Waals surface area contributed by atoms with Crippen molar-refractivity contribution in [3.63, 3.8) is 0 Å². The van der Waals surface area contributed by atoms with Crippen molar-refractivity contribution in [1.82, 2.24) is 0 Å². The molecule has 0 saturated heterocycles. The average molecular weight is 318 g/mol. The van der Waals surface area contributed by atoms with Crippen LogP contribution in [-0.2, 0) is 9.59 Å². The molecule has 3 heteroatoms. The number of carboxylic acid groups (broad SMARTS) is 1. The maximum absolute atomic E-state index is 11.6. The van der Waals surface area contributed by atoms with Crippen molar-refractivity contribution >= 4 is 11.8 Å². The Labute approximate surface area is 140 Å². The molecule has 23 heavy (non-hydrogen) atoms. The Hall–Kier alpha value is -1.90. The Morgan fingerprint density at radius 1 is 0.870 bits per heavy atom. The summed E-state index contributed by atoms with van der Waals surface area (Å²) in [6.07, 6.45) is 22.9. The Kier molecular flexibility index (Phi) is 15.1. The molecule has 0 aliphatic heterocycles. The number of carbonyl (C=O) groups is 2. The zero-order valence-electron chi connectivity index (χ0n) is 14.2. The number of hydrogen-bond acceptors (Lipinski definition) is 2. The molecule has 0 atom stereocenters. The van der Waals surface area contributed by atoms with Crippen molar-refractivity contribution < 1.29 is 14.7 Å². The second-order valence-corrected chi connectivity index (χ2v) is 5.42. The highest BCUT2D eigenvalue weighted by Crippen LogP contribution is 2.01. The first-order chi connectivity index (χ1) is 11.2. The Morgan fingerprint density at radius 3 is 2.35 bits per heavy atom. The second-order valence-electron chi connectivity index (χ2n) is 5.42. The monoisotopic (exact) mass is 318 g/mol. The minimum Gasteiger partial charge on any atom is -0.481 e. The van der Waals surface area contributed by atoms with Crippen molar-refractivity contribution in [2.45, 2.75) is 64.7 Å². The molecule has 0 bridgehead atoms. The molecule has 0 amide bonds. The predicted molar refractivity (Wildman–Crippen MR) is 96.4 cm³/mol. The molecule has 1 N–H and O–H groups in total. The Balaban J connectivity index is 3.64. The molecule has 0 saturated carbocycles. The van der Waals surface area contributed by atoms with E-state index in [1.807, 2.05) is 30.4 Å². The highest BCUT2D eigenvalue weighted by Gasteiger charge is 1.92. The van der Waals surface area contributed by atoms with E-state index in [2.05, 4.69) is 13.0 Å². The summed E-state index contributed by atoms with van der Waals surface area (Å²) in [4.78, 5) is 21.9. The molecule has 0 unspecified atom stereocenters. The first-order valence-electron chi connectivity index (χ1n) is 8.54. The fourth-order valence-corrected chi connectivity index (χ4v) is 1.88. The highest BCUT2D eigenvalue weighted by atomic mass is 16.4. The predicted octanol–water partition coefficient (Wildman–Crippen LogP) is 5.40. The summed E-state index contributed by atoms with van der Waals surface area (Å²) in [7, 11) is 0. The van der Waals surface area contributed by atoms with Gasteiger partial charge in [-0.1, -0.05) is 62.3 Å². The van der Waals surface area contributed by atoms with Crippen LogP contribution in [0.3, 0.4) is 0 Å². The van der Waals surface area contributed by atoms with Gasteiger partial charge in [0.15, 0.2) is 5.78 Å². The lowest BCUT2D eigenvalue weighted by atomic mass is 10.1. The zero-order chi connectivity index (χ0) is 17.2. The van der Waals surface area contributed by atoms with E-state index in [4.69, 9.17) is 5.11 Å². The minimum absolute atomic E-state index is 0.116. The summed E-state index contributed by atoms with van der Waals surface area (Å²) in [5.41, 5.74) is 0. The summed E-state index contributed by atoms with van der Waals surface area (Å²) in [6, 6.07) is 0. The molecule has 0 aromatic heterocycles. The number of carboxylic acids is 1. The van der Waals surface area contributed by atoms with Crippen LogP contribution in [0.2, 0.25) is 0 Å². The zero-order valence-corrected chi connectivity index (χ0v) is 14.2. The smallest absolute Gasteiger partial charge is 0.303 e.